The van der Waals surface area contributed by atoms with E-state index >= 15 is 4.39 Å². The summed E-state index contributed by atoms with van der Waals surface area (Å²) >= 11 is 7.09. The summed E-state index contributed by atoms with van der Waals surface area (Å²) in [6.45, 7) is 2.09. The average Bonchev–Trinajstić information content (AvgIpc) is 3.77. The van der Waals surface area contributed by atoms with Crippen molar-refractivity contribution >= 4 is 49.8 Å². The normalized spacial score (nSPS) is 12.2. The van der Waals surface area contributed by atoms with Crippen molar-refractivity contribution in [2.75, 3.05) is 26.2 Å². The monoisotopic (exact) mass is 636 g/mol. The van der Waals surface area contributed by atoms with Crippen LogP contribution in [-0.4, -0.2) is 57.1 Å². The molecule has 1 unspecified atom stereocenters. The first kappa shape index (κ1) is 29.7. The average molecular weight is 637 g/mol. The van der Waals surface area contributed by atoms with Crippen molar-refractivity contribution in [2.24, 2.45) is 7.05 Å². The summed E-state index contributed by atoms with van der Waals surface area (Å²) in [6, 6.07) is 11.1. The Bertz CT molecular complexity index is 2010. The first-order chi connectivity index (χ1) is 21.3. The fourth-order valence-corrected chi connectivity index (χ4v) is 6.18. The van der Waals surface area contributed by atoms with Crippen LogP contribution in [0.15, 0.2) is 54.0 Å². The number of pyridine rings is 1. The number of methoxy groups -OCH3 is 1. The molecule has 0 saturated carbocycles. The van der Waals surface area contributed by atoms with E-state index in [4.69, 9.17) is 26.1 Å². The van der Waals surface area contributed by atoms with Gasteiger partial charge in [0.1, 0.15) is 41.3 Å². The van der Waals surface area contributed by atoms with Crippen LogP contribution in [0.4, 0.5) is 8.78 Å². The lowest BCUT2D eigenvalue weighted by molar-refractivity contribution is -0.119. The minimum Gasteiger partial charge on any atom is -0.490 e. The molecule has 0 spiro atoms. The largest absolute Gasteiger partial charge is 0.490 e. The number of nitrogens with zero attached hydrogens (tertiary/aromatic N) is 4. The lowest BCUT2D eigenvalue weighted by Crippen LogP contribution is -2.27. The van der Waals surface area contributed by atoms with Crippen molar-refractivity contribution in [2.45, 2.75) is 13.0 Å². The number of hydrogen-bond acceptors (Lipinski definition) is 7. The summed E-state index contributed by atoms with van der Waals surface area (Å²) < 4.78 is 43.8. The Hall–Kier alpha value is -4.39. The van der Waals surface area contributed by atoms with Crippen molar-refractivity contribution in [3.05, 3.63) is 71.4 Å². The van der Waals surface area contributed by atoms with Crippen molar-refractivity contribution in [1.82, 2.24) is 30.3 Å². The second-order valence-corrected chi connectivity index (χ2v) is 11.3. The summed E-state index contributed by atoms with van der Waals surface area (Å²) in [7, 11) is 3.39. The van der Waals surface area contributed by atoms with Gasteiger partial charge in [0.2, 0.25) is 5.91 Å². The maximum absolute atomic E-state index is 15.9. The van der Waals surface area contributed by atoms with Crippen LogP contribution in [-0.2, 0) is 16.6 Å². The van der Waals surface area contributed by atoms with Gasteiger partial charge in [-0.25, -0.2) is 13.8 Å². The van der Waals surface area contributed by atoms with Gasteiger partial charge in [-0.15, -0.1) is 22.9 Å². The number of aromatic nitrogens is 5. The van der Waals surface area contributed by atoms with E-state index in [0.717, 1.165) is 34.0 Å². The molecule has 1 atom stereocenters. The number of hydrogen-bond donors (Lipinski definition) is 2. The number of rotatable bonds is 10. The number of ether oxygens (including phenoxy) is 2. The van der Waals surface area contributed by atoms with Gasteiger partial charge in [0.05, 0.1) is 41.3 Å². The Morgan fingerprint density at radius 1 is 1.14 bits per heavy atom. The van der Waals surface area contributed by atoms with Gasteiger partial charge in [-0.2, -0.15) is 10.2 Å². The van der Waals surface area contributed by atoms with E-state index in [1.807, 2.05) is 36.7 Å². The molecule has 1 amide bonds. The number of aryl methyl sites for hydroxylation is 1. The van der Waals surface area contributed by atoms with E-state index in [-0.39, 0.29) is 36.3 Å². The first-order valence-electron chi connectivity index (χ1n) is 13.6. The van der Waals surface area contributed by atoms with E-state index in [1.165, 1.54) is 18.4 Å². The highest BCUT2D eigenvalue weighted by Crippen LogP contribution is 2.47. The van der Waals surface area contributed by atoms with Crippen molar-refractivity contribution in [3.8, 4) is 39.5 Å². The number of amides is 1. The summed E-state index contributed by atoms with van der Waals surface area (Å²) in [6.07, 6.45) is 1.78. The lowest BCUT2D eigenvalue weighted by atomic mass is 9.96. The molecule has 9 nitrogen and oxygen atoms in total. The fraction of sp³-hybridized carbons (Fsp3) is 0.226. The highest BCUT2D eigenvalue weighted by atomic mass is 35.5. The molecule has 4 aromatic heterocycles. The Kier molecular flexibility index (Phi) is 8.30. The first-order valence-corrected chi connectivity index (χ1v) is 15.1. The van der Waals surface area contributed by atoms with Crippen LogP contribution in [0.2, 0.25) is 0 Å². The van der Waals surface area contributed by atoms with Crippen LogP contribution in [0.25, 0.3) is 54.8 Å². The SMILES string of the molecule is COCCOc1cc(F)cc(F)c1-c1c(-c2cc(C(C)NC(=O)CCl)[nH]n2)nc(-c2ccc3c(cnn3C)c2)c2ccsc12. The Labute approximate surface area is 259 Å². The fourth-order valence-electron chi connectivity index (χ4n) is 5.15. The van der Waals surface area contributed by atoms with E-state index in [0.29, 0.717) is 33.0 Å². The molecule has 0 aliphatic rings. The second-order valence-electron chi connectivity index (χ2n) is 10.1. The molecule has 226 valence electrons. The summed E-state index contributed by atoms with van der Waals surface area (Å²) in [5.41, 5.74) is 4.24. The molecular formula is C31H27ClF2N6O3S. The number of halogens is 3. The van der Waals surface area contributed by atoms with Crippen LogP contribution in [0, 0.1) is 11.6 Å². The highest BCUT2D eigenvalue weighted by Gasteiger charge is 2.27. The number of nitrogens with one attached hydrogen (secondary N) is 2. The van der Waals surface area contributed by atoms with Gasteiger partial charge in [-0.1, -0.05) is 6.07 Å². The number of aromatic amines is 1. The van der Waals surface area contributed by atoms with Gasteiger partial charge in [0.15, 0.2) is 0 Å². The zero-order valence-electron chi connectivity index (χ0n) is 24.0. The standard InChI is InChI=1S/C31H27ClF2N6O3S/c1-16(36-26(41)14-32)22-13-23(39-38-22)30-28(27-21(34)11-19(33)12-25(27)43-8-7-42-3)31-20(6-9-44-31)29(37-30)17-4-5-24-18(10-17)15-35-40(24)2/h4-6,9-13,15-16H,7-8,14H2,1-3H3,(H,36,41)(H,38,39). The molecule has 2 aromatic carbocycles. The molecule has 6 rings (SSSR count). The molecule has 0 bridgehead atoms. The molecule has 6 aromatic rings. The highest BCUT2D eigenvalue weighted by molar-refractivity contribution is 7.18. The zero-order valence-corrected chi connectivity index (χ0v) is 25.5. The Morgan fingerprint density at radius 3 is 2.77 bits per heavy atom. The van der Waals surface area contributed by atoms with Crippen molar-refractivity contribution in [1.29, 1.82) is 0 Å². The third kappa shape index (κ3) is 5.51. The number of benzene rings is 2. The third-order valence-corrected chi connectivity index (χ3v) is 8.42. The molecular weight excluding hydrogens is 610 g/mol. The molecule has 0 aliphatic heterocycles. The molecule has 0 aliphatic carbocycles. The van der Waals surface area contributed by atoms with Gasteiger partial charge >= 0.3 is 0 Å². The van der Waals surface area contributed by atoms with Gasteiger partial charge in [-0.3, -0.25) is 14.6 Å². The molecule has 0 fully saturated rings. The maximum Gasteiger partial charge on any atom is 0.235 e. The number of alkyl halides is 1. The molecule has 2 N–H and O–H groups in total. The Morgan fingerprint density at radius 2 is 1.98 bits per heavy atom. The van der Waals surface area contributed by atoms with E-state index < -0.39 is 17.7 Å². The molecule has 0 radical (unpaired) electrons. The number of thiophene rings is 1. The van der Waals surface area contributed by atoms with Gasteiger partial charge in [0, 0.05) is 52.9 Å². The second kappa shape index (κ2) is 12.3. The van der Waals surface area contributed by atoms with Gasteiger partial charge in [-0.05, 0) is 36.6 Å². The van der Waals surface area contributed by atoms with E-state index in [9.17, 15) is 9.18 Å². The van der Waals surface area contributed by atoms with Crippen LogP contribution >= 0.6 is 22.9 Å². The molecule has 4 heterocycles. The van der Waals surface area contributed by atoms with Crippen LogP contribution in [0.3, 0.4) is 0 Å². The Balaban J connectivity index is 1.61. The van der Waals surface area contributed by atoms with Crippen LogP contribution in [0.1, 0.15) is 18.7 Å². The predicted molar refractivity (Wildman–Crippen MR) is 167 cm³/mol. The maximum atomic E-state index is 15.9. The van der Waals surface area contributed by atoms with Crippen molar-refractivity contribution in [3.63, 3.8) is 0 Å². The minimum absolute atomic E-state index is 0.0142. The van der Waals surface area contributed by atoms with Crippen LogP contribution in [0.5, 0.6) is 5.75 Å². The zero-order chi connectivity index (χ0) is 31.0. The quantitative estimate of drug-likeness (QED) is 0.129. The third-order valence-electron chi connectivity index (χ3n) is 7.25. The number of H-pyrrole nitrogens is 1. The van der Waals surface area contributed by atoms with E-state index in [2.05, 4.69) is 20.6 Å². The van der Waals surface area contributed by atoms with Crippen molar-refractivity contribution < 1.29 is 23.0 Å². The smallest absolute Gasteiger partial charge is 0.235 e. The molecule has 44 heavy (non-hydrogen) atoms. The topological polar surface area (TPSA) is 107 Å². The number of fused-ring (bicyclic) bond motifs is 2. The predicted octanol–water partition coefficient (Wildman–Crippen LogP) is 6.63. The van der Waals surface area contributed by atoms with Crippen LogP contribution < -0.4 is 10.1 Å². The molecule has 13 heteroatoms. The number of carbonyl (C=O) groups is 1. The molecule has 0 saturated heterocycles. The van der Waals surface area contributed by atoms with Gasteiger partial charge < -0.3 is 14.8 Å². The minimum atomic E-state index is -0.807. The van der Waals surface area contributed by atoms with E-state index in [1.54, 1.807) is 23.9 Å². The summed E-state index contributed by atoms with van der Waals surface area (Å²) in [5.74, 6) is -2.10. The lowest BCUT2D eigenvalue weighted by Gasteiger charge is -2.17. The van der Waals surface area contributed by atoms with Gasteiger partial charge in [0.25, 0.3) is 0 Å². The summed E-state index contributed by atoms with van der Waals surface area (Å²) in [4.78, 5) is 17.0. The number of carbonyl (C=O) groups excluding carboxylic acids is 1. The summed E-state index contributed by atoms with van der Waals surface area (Å²) in [5, 5.41) is 18.2.